The van der Waals surface area contributed by atoms with Gasteiger partial charge in [0.2, 0.25) is 6.29 Å². The minimum absolute atomic E-state index is 0.0500. The Morgan fingerprint density at radius 2 is 1.74 bits per heavy atom. The third-order valence-electron chi connectivity index (χ3n) is 7.44. The number of halogens is 1. The van der Waals surface area contributed by atoms with Crippen LogP contribution in [0.1, 0.15) is 36.1 Å². The van der Waals surface area contributed by atoms with E-state index in [-0.39, 0.29) is 42.8 Å². The number of carbonyl (C=O) groups excluding carboxylic acids is 1. The standard InChI is InChI=1S/C32H40FN3O7/c1-4-42-32-26(14-16-40-18-19-41-17-15-37)27(20-28(43-32)30(38)34-21-23-10-12-24(33)13-11-23)29-22(2)35(3)36(31(29)39)25-8-6-5-7-9-25/h5-13,20,26-27,32,37H,4,14-19,21H2,1-3H3,(H,34,38)/t26-,27-,32+/m1/s1. The second-order valence-electron chi connectivity index (χ2n) is 10.2. The average molecular weight is 598 g/mol. The van der Waals surface area contributed by atoms with E-state index in [2.05, 4.69) is 5.32 Å². The van der Waals surface area contributed by atoms with Crippen molar-refractivity contribution in [3.05, 3.63) is 99.4 Å². The first-order valence-corrected chi connectivity index (χ1v) is 14.5. The lowest BCUT2D eigenvalue weighted by Gasteiger charge is -2.36. The Morgan fingerprint density at radius 1 is 1.05 bits per heavy atom. The fraction of sp³-hybridized carbons (Fsp3) is 0.438. The van der Waals surface area contributed by atoms with Crippen LogP contribution in [-0.4, -0.2) is 66.3 Å². The summed E-state index contributed by atoms with van der Waals surface area (Å²) in [4.78, 5) is 27.4. The van der Waals surface area contributed by atoms with Crippen LogP contribution in [0.25, 0.3) is 5.69 Å². The molecule has 2 N–H and O–H groups in total. The van der Waals surface area contributed by atoms with Crippen molar-refractivity contribution in [2.24, 2.45) is 13.0 Å². The maximum absolute atomic E-state index is 14.0. The fourth-order valence-electron chi connectivity index (χ4n) is 5.22. The average Bonchev–Trinajstić information content (AvgIpc) is 3.24. The van der Waals surface area contributed by atoms with Crippen LogP contribution in [-0.2, 0) is 37.3 Å². The van der Waals surface area contributed by atoms with Gasteiger partial charge in [-0.3, -0.25) is 14.3 Å². The molecule has 0 aliphatic carbocycles. The number of aliphatic hydroxyl groups excluding tert-OH is 1. The van der Waals surface area contributed by atoms with Gasteiger partial charge >= 0.3 is 0 Å². The zero-order chi connectivity index (χ0) is 30.8. The molecule has 0 unspecified atom stereocenters. The number of aromatic nitrogens is 2. The van der Waals surface area contributed by atoms with Crippen LogP contribution < -0.4 is 10.9 Å². The molecule has 0 fully saturated rings. The molecule has 0 spiro atoms. The highest BCUT2D eigenvalue weighted by Gasteiger charge is 2.41. The van der Waals surface area contributed by atoms with E-state index in [0.717, 1.165) is 16.9 Å². The summed E-state index contributed by atoms with van der Waals surface area (Å²) in [5, 5.41) is 11.7. The minimum Gasteiger partial charge on any atom is -0.459 e. The van der Waals surface area contributed by atoms with Crippen molar-refractivity contribution in [3.63, 3.8) is 0 Å². The number of amides is 1. The van der Waals surface area contributed by atoms with Gasteiger partial charge in [-0.1, -0.05) is 30.3 Å². The number of para-hydroxylation sites is 1. The summed E-state index contributed by atoms with van der Waals surface area (Å²) in [5.41, 5.74) is 2.55. The predicted molar refractivity (Wildman–Crippen MR) is 158 cm³/mol. The van der Waals surface area contributed by atoms with Crippen LogP contribution in [0.3, 0.4) is 0 Å². The summed E-state index contributed by atoms with van der Waals surface area (Å²) >= 11 is 0. The quantitative estimate of drug-likeness (QED) is 0.259. The second-order valence-corrected chi connectivity index (χ2v) is 10.2. The molecule has 1 aliphatic heterocycles. The van der Waals surface area contributed by atoms with Crippen LogP contribution in [0.5, 0.6) is 0 Å². The van der Waals surface area contributed by atoms with Gasteiger partial charge in [0.1, 0.15) is 5.82 Å². The van der Waals surface area contributed by atoms with Gasteiger partial charge in [-0.25, -0.2) is 9.07 Å². The zero-order valence-corrected chi connectivity index (χ0v) is 24.8. The third-order valence-corrected chi connectivity index (χ3v) is 7.44. The van der Waals surface area contributed by atoms with Crippen LogP contribution in [0, 0.1) is 18.7 Å². The van der Waals surface area contributed by atoms with Gasteiger partial charge in [0.15, 0.2) is 5.76 Å². The minimum atomic E-state index is -0.815. The normalized spacial score (nSPS) is 18.3. The van der Waals surface area contributed by atoms with Crippen molar-refractivity contribution in [1.82, 2.24) is 14.7 Å². The number of aliphatic hydroxyl groups is 1. The number of ether oxygens (including phenoxy) is 4. The summed E-state index contributed by atoms with van der Waals surface area (Å²) in [6.07, 6.45) is 1.36. The molecule has 3 atom stereocenters. The van der Waals surface area contributed by atoms with Gasteiger partial charge in [-0.2, -0.15) is 0 Å². The SMILES string of the molecule is CCO[C@H]1OC(C(=O)NCc2ccc(F)cc2)=C[C@@H](c2c(C)n(C)n(-c3ccccc3)c2=O)[C@H]1CCOCCOCCO. The molecule has 4 rings (SSSR count). The molecule has 232 valence electrons. The topological polar surface area (TPSA) is 113 Å². The lowest BCUT2D eigenvalue weighted by molar-refractivity contribution is -0.168. The summed E-state index contributed by atoms with van der Waals surface area (Å²) in [6, 6.07) is 15.2. The second kappa shape index (κ2) is 15.6. The van der Waals surface area contributed by atoms with Crippen molar-refractivity contribution >= 4 is 5.91 Å². The van der Waals surface area contributed by atoms with E-state index in [9.17, 15) is 14.0 Å². The molecule has 1 aromatic heterocycles. The molecule has 0 saturated carbocycles. The molecule has 10 nitrogen and oxygen atoms in total. The molecular formula is C32H40FN3O7. The number of hydrogen-bond donors (Lipinski definition) is 2. The maximum Gasteiger partial charge on any atom is 0.286 e. The van der Waals surface area contributed by atoms with Crippen molar-refractivity contribution < 1.29 is 33.2 Å². The number of allylic oxidation sites excluding steroid dienone is 1. The van der Waals surface area contributed by atoms with Gasteiger partial charge in [0.05, 0.1) is 32.1 Å². The number of hydrogen-bond acceptors (Lipinski definition) is 7. The molecule has 0 radical (unpaired) electrons. The van der Waals surface area contributed by atoms with E-state index in [1.54, 1.807) is 22.9 Å². The third kappa shape index (κ3) is 7.99. The van der Waals surface area contributed by atoms with E-state index in [4.69, 9.17) is 24.1 Å². The Kier molecular flexibility index (Phi) is 11.7. The summed E-state index contributed by atoms with van der Waals surface area (Å²) in [7, 11) is 1.83. The lowest BCUT2D eigenvalue weighted by atomic mass is 9.81. The Hall–Kier alpha value is -3.77. The number of nitrogens with one attached hydrogen (secondary N) is 1. The van der Waals surface area contributed by atoms with E-state index >= 15 is 0 Å². The molecule has 11 heteroatoms. The Labute approximate surface area is 250 Å². The van der Waals surface area contributed by atoms with Crippen LogP contribution in [0.4, 0.5) is 4.39 Å². The van der Waals surface area contributed by atoms with Gasteiger partial charge < -0.3 is 29.4 Å². The summed E-state index contributed by atoms with van der Waals surface area (Å²) in [5.74, 6) is -1.64. The van der Waals surface area contributed by atoms with Gasteiger partial charge in [-0.05, 0) is 56.2 Å². The van der Waals surface area contributed by atoms with Crippen molar-refractivity contribution in [2.45, 2.75) is 39.0 Å². The Morgan fingerprint density at radius 3 is 2.42 bits per heavy atom. The highest BCUT2D eigenvalue weighted by atomic mass is 19.1. The van der Waals surface area contributed by atoms with E-state index in [1.807, 2.05) is 55.9 Å². The molecule has 0 bridgehead atoms. The molecule has 0 saturated heterocycles. The summed E-state index contributed by atoms with van der Waals surface area (Å²) < 4.78 is 39.9. The van der Waals surface area contributed by atoms with Gasteiger partial charge in [0.25, 0.3) is 11.5 Å². The van der Waals surface area contributed by atoms with Crippen LogP contribution in [0.2, 0.25) is 0 Å². The Bertz CT molecular complexity index is 1420. The molecule has 1 amide bonds. The lowest BCUT2D eigenvalue weighted by Crippen LogP contribution is -2.40. The highest BCUT2D eigenvalue weighted by molar-refractivity contribution is 5.91. The van der Waals surface area contributed by atoms with Gasteiger partial charge in [0, 0.05) is 49.9 Å². The highest BCUT2D eigenvalue weighted by Crippen LogP contribution is 2.39. The smallest absolute Gasteiger partial charge is 0.286 e. The van der Waals surface area contributed by atoms with Crippen molar-refractivity contribution in [1.29, 1.82) is 0 Å². The van der Waals surface area contributed by atoms with Crippen LogP contribution in [0.15, 0.2) is 71.2 Å². The number of nitrogens with zero attached hydrogens (tertiary/aromatic N) is 2. The number of benzene rings is 2. The first-order chi connectivity index (χ1) is 20.8. The number of carbonyl (C=O) groups is 1. The molecule has 3 aromatic rings. The molecule has 1 aliphatic rings. The van der Waals surface area contributed by atoms with Crippen molar-refractivity contribution in [3.8, 4) is 5.69 Å². The summed E-state index contributed by atoms with van der Waals surface area (Å²) in [6.45, 7) is 5.44. The largest absolute Gasteiger partial charge is 0.459 e. The number of rotatable bonds is 15. The first-order valence-electron chi connectivity index (χ1n) is 14.5. The zero-order valence-electron chi connectivity index (χ0n) is 24.8. The monoisotopic (exact) mass is 597 g/mol. The van der Waals surface area contributed by atoms with Crippen LogP contribution >= 0.6 is 0 Å². The van der Waals surface area contributed by atoms with Crippen molar-refractivity contribution in [2.75, 3.05) is 39.6 Å². The Balaban J connectivity index is 1.66. The van der Waals surface area contributed by atoms with E-state index < -0.39 is 18.1 Å². The first kappa shape index (κ1) is 32.2. The van der Waals surface area contributed by atoms with E-state index in [1.165, 1.54) is 12.1 Å². The fourth-order valence-corrected chi connectivity index (χ4v) is 5.22. The van der Waals surface area contributed by atoms with E-state index in [0.29, 0.717) is 38.4 Å². The van der Waals surface area contributed by atoms with Gasteiger partial charge in [-0.15, -0.1) is 0 Å². The maximum atomic E-state index is 14.0. The molecule has 2 heterocycles. The molecular weight excluding hydrogens is 557 g/mol. The molecule has 2 aromatic carbocycles. The predicted octanol–water partition coefficient (Wildman–Crippen LogP) is 3.33. The molecule has 43 heavy (non-hydrogen) atoms.